The Kier molecular flexibility index (Phi) is 5.72. The van der Waals surface area contributed by atoms with Crippen molar-refractivity contribution in [3.8, 4) is 5.82 Å². The van der Waals surface area contributed by atoms with Crippen LogP contribution in [-0.4, -0.2) is 20.7 Å². The van der Waals surface area contributed by atoms with Crippen LogP contribution in [0.2, 0.25) is 0 Å². The molecule has 5 nitrogen and oxygen atoms in total. The van der Waals surface area contributed by atoms with E-state index in [-0.39, 0.29) is 18.1 Å². The molecule has 3 rings (SSSR count). The Morgan fingerprint density at radius 3 is 2.34 bits per heavy atom. The van der Waals surface area contributed by atoms with Crippen LogP contribution in [0.5, 0.6) is 0 Å². The molecule has 0 bridgehead atoms. The first-order valence-electron chi connectivity index (χ1n) is 9.16. The van der Waals surface area contributed by atoms with Crippen molar-refractivity contribution in [1.29, 1.82) is 0 Å². The molecule has 0 aliphatic carbocycles. The normalized spacial score (nSPS) is 11.5. The molecule has 0 fully saturated rings. The standard InChI is InChI=1S/C21H21F3N4O/c1-4-15-5-8-17(9-6-15)26-20(29)11-18-13(2)27-28(14(18)3)19-10-7-16(12-25-19)21(22,23)24/h5-10,12H,4,11H2,1-3H3,(H,26,29). The number of alkyl halides is 3. The SMILES string of the molecule is CCc1ccc(NC(=O)Cc2c(C)nn(-c3ccc(C(F)(F)F)cn3)c2C)cc1. The average molecular weight is 402 g/mol. The lowest BCUT2D eigenvalue weighted by Gasteiger charge is -2.09. The van der Waals surface area contributed by atoms with Crippen molar-refractivity contribution in [2.75, 3.05) is 5.32 Å². The second-order valence-electron chi connectivity index (χ2n) is 6.74. The predicted molar refractivity (Wildman–Crippen MR) is 104 cm³/mol. The van der Waals surface area contributed by atoms with Crippen LogP contribution in [0.3, 0.4) is 0 Å². The van der Waals surface area contributed by atoms with E-state index in [4.69, 9.17) is 0 Å². The zero-order chi connectivity index (χ0) is 21.2. The van der Waals surface area contributed by atoms with Gasteiger partial charge in [-0.1, -0.05) is 19.1 Å². The number of pyridine rings is 1. The molecule has 0 unspecified atom stereocenters. The van der Waals surface area contributed by atoms with Gasteiger partial charge in [0.25, 0.3) is 0 Å². The van der Waals surface area contributed by atoms with Crippen LogP contribution < -0.4 is 5.32 Å². The number of carbonyl (C=O) groups excluding carboxylic acids is 1. The van der Waals surface area contributed by atoms with Crippen molar-refractivity contribution >= 4 is 11.6 Å². The molecular formula is C21H21F3N4O. The van der Waals surface area contributed by atoms with E-state index in [1.807, 2.05) is 24.3 Å². The third-order valence-corrected chi connectivity index (χ3v) is 4.72. The first-order chi connectivity index (χ1) is 13.7. The summed E-state index contributed by atoms with van der Waals surface area (Å²) in [5.74, 6) is 0.0702. The average Bonchev–Trinajstić information content (AvgIpc) is 2.96. The highest BCUT2D eigenvalue weighted by Gasteiger charge is 2.30. The summed E-state index contributed by atoms with van der Waals surface area (Å²) in [5.41, 5.74) is 3.07. The van der Waals surface area contributed by atoms with Gasteiger partial charge in [0.05, 0.1) is 17.7 Å². The molecule has 0 saturated heterocycles. The summed E-state index contributed by atoms with van der Waals surface area (Å²) in [6.07, 6.45) is -2.64. The zero-order valence-corrected chi connectivity index (χ0v) is 16.3. The Morgan fingerprint density at radius 1 is 1.10 bits per heavy atom. The lowest BCUT2D eigenvalue weighted by atomic mass is 10.1. The van der Waals surface area contributed by atoms with Gasteiger partial charge in [0.2, 0.25) is 5.91 Å². The zero-order valence-electron chi connectivity index (χ0n) is 16.3. The lowest BCUT2D eigenvalue weighted by Crippen LogP contribution is -2.15. The number of hydrogen-bond acceptors (Lipinski definition) is 3. The molecule has 3 aromatic rings. The minimum atomic E-state index is -4.45. The van der Waals surface area contributed by atoms with E-state index in [1.165, 1.54) is 16.3 Å². The molecular weight excluding hydrogens is 381 g/mol. The molecule has 0 radical (unpaired) electrons. The van der Waals surface area contributed by atoms with Gasteiger partial charge in [0.15, 0.2) is 5.82 Å². The maximum Gasteiger partial charge on any atom is 0.417 e. The lowest BCUT2D eigenvalue weighted by molar-refractivity contribution is -0.137. The molecule has 0 spiro atoms. The fraction of sp³-hybridized carbons (Fsp3) is 0.286. The van der Waals surface area contributed by atoms with Gasteiger partial charge >= 0.3 is 6.18 Å². The molecule has 29 heavy (non-hydrogen) atoms. The number of carbonyl (C=O) groups is 1. The fourth-order valence-corrected chi connectivity index (χ4v) is 3.02. The summed E-state index contributed by atoms with van der Waals surface area (Å²) in [4.78, 5) is 16.3. The first-order valence-corrected chi connectivity index (χ1v) is 9.16. The molecule has 0 saturated carbocycles. The highest BCUT2D eigenvalue weighted by atomic mass is 19.4. The summed E-state index contributed by atoms with van der Waals surface area (Å²) in [6, 6.07) is 9.85. The van der Waals surface area contributed by atoms with Gasteiger partial charge in [-0.05, 0) is 50.1 Å². The van der Waals surface area contributed by atoms with Gasteiger partial charge in [0, 0.05) is 23.1 Å². The highest BCUT2D eigenvalue weighted by Crippen LogP contribution is 2.29. The minimum absolute atomic E-state index is 0.105. The second kappa shape index (κ2) is 8.06. The van der Waals surface area contributed by atoms with Gasteiger partial charge in [-0.25, -0.2) is 9.67 Å². The molecule has 0 aliphatic heterocycles. The van der Waals surface area contributed by atoms with Crippen LogP contribution in [0.1, 0.15) is 35.0 Å². The molecule has 1 N–H and O–H groups in total. The van der Waals surface area contributed by atoms with E-state index in [0.29, 0.717) is 17.1 Å². The van der Waals surface area contributed by atoms with Gasteiger partial charge in [0.1, 0.15) is 0 Å². The molecule has 152 valence electrons. The largest absolute Gasteiger partial charge is 0.417 e. The third kappa shape index (κ3) is 4.64. The quantitative estimate of drug-likeness (QED) is 0.676. The number of aromatic nitrogens is 3. The molecule has 8 heteroatoms. The Hall–Kier alpha value is -3.16. The molecule has 0 aliphatic rings. The van der Waals surface area contributed by atoms with Crippen LogP contribution in [-0.2, 0) is 23.8 Å². The predicted octanol–water partition coefficient (Wildman–Crippen LogP) is 4.65. The number of nitrogens with zero attached hydrogens (tertiary/aromatic N) is 3. The first kappa shape index (κ1) is 20.6. The molecule has 2 aromatic heterocycles. The number of benzene rings is 1. The van der Waals surface area contributed by atoms with Crippen LogP contribution >= 0.6 is 0 Å². The number of amides is 1. The third-order valence-electron chi connectivity index (χ3n) is 4.72. The Morgan fingerprint density at radius 2 is 1.79 bits per heavy atom. The van der Waals surface area contributed by atoms with E-state index in [2.05, 4.69) is 22.3 Å². The van der Waals surface area contributed by atoms with Gasteiger partial charge in [-0.15, -0.1) is 0 Å². The van der Waals surface area contributed by atoms with Crippen molar-refractivity contribution in [3.05, 3.63) is 70.7 Å². The molecule has 1 amide bonds. The second-order valence-corrected chi connectivity index (χ2v) is 6.74. The van der Waals surface area contributed by atoms with E-state index in [9.17, 15) is 18.0 Å². The van der Waals surface area contributed by atoms with Crippen LogP contribution in [0.25, 0.3) is 5.82 Å². The number of hydrogen-bond donors (Lipinski definition) is 1. The summed E-state index contributed by atoms with van der Waals surface area (Å²) in [5, 5.41) is 7.20. The Balaban J connectivity index is 1.77. The van der Waals surface area contributed by atoms with Crippen LogP contribution in [0.15, 0.2) is 42.6 Å². The Labute approximate surface area is 166 Å². The van der Waals surface area contributed by atoms with Gasteiger partial charge in [-0.3, -0.25) is 4.79 Å². The number of halogens is 3. The number of anilines is 1. The van der Waals surface area contributed by atoms with Crippen LogP contribution in [0.4, 0.5) is 18.9 Å². The molecule has 2 heterocycles. The summed E-state index contributed by atoms with van der Waals surface area (Å²) in [7, 11) is 0. The van der Waals surface area contributed by atoms with Crippen molar-refractivity contribution in [1.82, 2.24) is 14.8 Å². The van der Waals surface area contributed by atoms with Gasteiger partial charge < -0.3 is 5.32 Å². The molecule has 1 aromatic carbocycles. The number of aryl methyl sites for hydroxylation is 2. The van der Waals surface area contributed by atoms with Crippen molar-refractivity contribution in [3.63, 3.8) is 0 Å². The maximum atomic E-state index is 12.7. The monoisotopic (exact) mass is 402 g/mol. The van der Waals surface area contributed by atoms with E-state index in [0.717, 1.165) is 24.2 Å². The van der Waals surface area contributed by atoms with Gasteiger partial charge in [-0.2, -0.15) is 18.3 Å². The number of nitrogens with one attached hydrogen (secondary N) is 1. The topological polar surface area (TPSA) is 59.8 Å². The van der Waals surface area contributed by atoms with Crippen LogP contribution in [0, 0.1) is 13.8 Å². The summed E-state index contributed by atoms with van der Waals surface area (Å²) < 4.78 is 39.6. The van der Waals surface area contributed by atoms with E-state index < -0.39 is 11.7 Å². The van der Waals surface area contributed by atoms with Crippen molar-refractivity contribution < 1.29 is 18.0 Å². The number of rotatable bonds is 5. The van der Waals surface area contributed by atoms with E-state index >= 15 is 0 Å². The Bertz CT molecular complexity index is 1010. The smallest absolute Gasteiger partial charge is 0.326 e. The minimum Gasteiger partial charge on any atom is -0.326 e. The molecule has 0 atom stereocenters. The van der Waals surface area contributed by atoms with E-state index in [1.54, 1.807) is 13.8 Å². The summed E-state index contributed by atoms with van der Waals surface area (Å²) >= 11 is 0. The fourth-order valence-electron chi connectivity index (χ4n) is 3.02. The van der Waals surface area contributed by atoms with Crippen molar-refractivity contribution in [2.24, 2.45) is 0 Å². The highest BCUT2D eigenvalue weighted by molar-refractivity contribution is 5.92. The van der Waals surface area contributed by atoms with Crippen molar-refractivity contribution in [2.45, 2.75) is 39.8 Å². The maximum absolute atomic E-state index is 12.7. The summed E-state index contributed by atoms with van der Waals surface area (Å²) in [6.45, 7) is 5.58.